The van der Waals surface area contributed by atoms with Gasteiger partial charge in [-0.3, -0.25) is 4.79 Å². The number of aromatic amines is 1. The molecule has 1 unspecified atom stereocenters. The molecule has 20 heavy (non-hydrogen) atoms. The van der Waals surface area contributed by atoms with Crippen molar-refractivity contribution in [3.63, 3.8) is 0 Å². The maximum atomic E-state index is 11.9. The second kappa shape index (κ2) is 5.75. The minimum atomic E-state index is -1.11. The molecule has 6 heteroatoms. The summed E-state index contributed by atoms with van der Waals surface area (Å²) in [4.78, 5) is 25.8. The van der Waals surface area contributed by atoms with E-state index in [4.69, 9.17) is 15.6 Å². The van der Waals surface area contributed by atoms with Gasteiger partial charge >= 0.3 is 11.9 Å². The SMILES string of the molecule is CCOC(=O)c1[nH]c2ccccc2c1CC(N)C(=O)O. The van der Waals surface area contributed by atoms with Gasteiger partial charge in [-0.25, -0.2) is 4.79 Å². The number of carbonyl (C=O) groups is 2. The Labute approximate surface area is 115 Å². The summed E-state index contributed by atoms with van der Waals surface area (Å²) in [5.74, 6) is -1.61. The number of carboxylic acids is 1. The molecule has 1 heterocycles. The van der Waals surface area contributed by atoms with Crippen LogP contribution in [0.1, 0.15) is 23.0 Å². The first-order chi connectivity index (χ1) is 9.54. The normalized spacial score (nSPS) is 12.3. The van der Waals surface area contributed by atoms with Crippen molar-refractivity contribution in [3.8, 4) is 0 Å². The van der Waals surface area contributed by atoms with Gasteiger partial charge in [0.1, 0.15) is 11.7 Å². The number of benzene rings is 1. The quantitative estimate of drug-likeness (QED) is 0.714. The van der Waals surface area contributed by atoms with Gasteiger partial charge in [0, 0.05) is 17.3 Å². The van der Waals surface area contributed by atoms with E-state index in [1.807, 2.05) is 24.3 Å². The van der Waals surface area contributed by atoms with Gasteiger partial charge in [0.2, 0.25) is 0 Å². The van der Waals surface area contributed by atoms with Crippen LogP contribution in [0.4, 0.5) is 0 Å². The lowest BCUT2D eigenvalue weighted by Gasteiger charge is -2.08. The lowest BCUT2D eigenvalue weighted by atomic mass is 10.0. The van der Waals surface area contributed by atoms with Crippen molar-refractivity contribution in [3.05, 3.63) is 35.5 Å². The van der Waals surface area contributed by atoms with Crippen molar-refractivity contribution in [1.82, 2.24) is 4.98 Å². The smallest absolute Gasteiger partial charge is 0.355 e. The summed E-state index contributed by atoms with van der Waals surface area (Å²) in [7, 11) is 0. The van der Waals surface area contributed by atoms with Crippen molar-refractivity contribution in [2.45, 2.75) is 19.4 Å². The summed E-state index contributed by atoms with van der Waals surface area (Å²) in [6.45, 7) is 1.96. The third-order valence-electron chi connectivity index (χ3n) is 3.03. The fourth-order valence-corrected chi connectivity index (χ4v) is 2.10. The van der Waals surface area contributed by atoms with Gasteiger partial charge in [0.25, 0.3) is 0 Å². The molecule has 4 N–H and O–H groups in total. The van der Waals surface area contributed by atoms with E-state index in [-0.39, 0.29) is 18.7 Å². The zero-order chi connectivity index (χ0) is 14.7. The van der Waals surface area contributed by atoms with E-state index in [0.717, 1.165) is 10.9 Å². The number of rotatable bonds is 5. The van der Waals surface area contributed by atoms with Crippen molar-refractivity contribution < 1.29 is 19.4 Å². The van der Waals surface area contributed by atoms with E-state index in [1.165, 1.54) is 0 Å². The van der Waals surface area contributed by atoms with E-state index >= 15 is 0 Å². The molecule has 0 saturated carbocycles. The topological polar surface area (TPSA) is 105 Å². The molecule has 1 aromatic heterocycles. The van der Waals surface area contributed by atoms with Crippen molar-refractivity contribution in [2.24, 2.45) is 5.73 Å². The van der Waals surface area contributed by atoms with E-state index in [9.17, 15) is 9.59 Å². The Hall–Kier alpha value is -2.34. The first-order valence-corrected chi connectivity index (χ1v) is 6.29. The van der Waals surface area contributed by atoms with Gasteiger partial charge in [-0.05, 0) is 18.6 Å². The van der Waals surface area contributed by atoms with Gasteiger partial charge in [0.05, 0.1) is 6.61 Å². The van der Waals surface area contributed by atoms with E-state index < -0.39 is 18.0 Å². The molecular formula is C14H16N2O4. The summed E-state index contributed by atoms with van der Waals surface area (Å²) < 4.78 is 4.98. The van der Waals surface area contributed by atoms with Crippen LogP contribution >= 0.6 is 0 Å². The average molecular weight is 276 g/mol. The Balaban J connectivity index is 2.49. The van der Waals surface area contributed by atoms with Crippen molar-refractivity contribution >= 4 is 22.8 Å². The average Bonchev–Trinajstić information content (AvgIpc) is 2.78. The number of para-hydroxylation sites is 1. The number of aliphatic carboxylic acids is 1. The van der Waals surface area contributed by atoms with Crippen LogP contribution in [0.5, 0.6) is 0 Å². The van der Waals surface area contributed by atoms with Crippen LogP contribution in [0.2, 0.25) is 0 Å². The molecule has 0 saturated heterocycles. The van der Waals surface area contributed by atoms with Crippen LogP contribution in [-0.4, -0.2) is 34.7 Å². The molecule has 0 fully saturated rings. The summed E-state index contributed by atoms with van der Waals surface area (Å²) in [6, 6.07) is 6.21. The van der Waals surface area contributed by atoms with E-state index in [0.29, 0.717) is 5.56 Å². The van der Waals surface area contributed by atoms with Crippen LogP contribution in [0, 0.1) is 0 Å². The number of ether oxygens (including phenoxy) is 1. The molecule has 2 aromatic rings. The number of esters is 1. The molecule has 0 aliphatic heterocycles. The van der Waals surface area contributed by atoms with Crippen LogP contribution in [0.15, 0.2) is 24.3 Å². The van der Waals surface area contributed by atoms with Crippen LogP contribution in [-0.2, 0) is 16.0 Å². The van der Waals surface area contributed by atoms with Gasteiger partial charge < -0.3 is 20.6 Å². The highest BCUT2D eigenvalue weighted by Gasteiger charge is 2.22. The molecule has 1 aromatic carbocycles. The van der Waals surface area contributed by atoms with E-state index in [2.05, 4.69) is 4.98 Å². The second-order valence-corrected chi connectivity index (χ2v) is 4.39. The third-order valence-corrected chi connectivity index (χ3v) is 3.03. The minimum Gasteiger partial charge on any atom is -0.480 e. The monoisotopic (exact) mass is 276 g/mol. The first-order valence-electron chi connectivity index (χ1n) is 6.29. The molecule has 0 radical (unpaired) electrons. The molecule has 0 spiro atoms. The fraction of sp³-hybridized carbons (Fsp3) is 0.286. The summed E-state index contributed by atoms with van der Waals surface area (Å²) in [5, 5.41) is 9.72. The Morgan fingerprint density at radius 1 is 1.40 bits per heavy atom. The number of aromatic nitrogens is 1. The van der Waals surface area contributed by atoms with Gasteiger partial charge in [0.15, 0.2) is 0 Å². The molecule has 106 valence electrons. The number of fused-ring (bicyclic) bond motifs is 1. The number of hydrogen-bond donors (Lipinski definition) is 3. The molecule has 2 rings (SSSR count). The Morgan fingerprint density at radius 3 is 2.75 bits per heavy atom. The molecular weight excluding hydrogens is 260 g/mol. The van der Waals surface area contributed by atoms with E-state index in [1.54, 1.807) is 6.92 Å². The number of nitrogens with one attached hydrogen (secondary N) is 1. The second-order valence-electron chi connectivity index (χ2n) is 4.39. The number of carbonyl (C=O) groups excluding carboxylic acids is 1. The van der Waals surface area contributed by atoms with Gasteiger partial charge in [-0.2, -0.15) is 0 Å². The molecule has 0 bridgehead atoms. The van der Waals surface area contributed by atoms with Crippen LogP contribution in [0.25, 0.3) is 10.9 Å². The molecule has 0 aliphatic rings. The third kappa shape index (κ3) is 2.65. The standard InChI is InChI=1S/C14H16N2O4/c1-2-20-14(19)12-9(7-10(15)13(17)18)8-5-3-4-6-11(8)16-12/h3-6,10,16H,2,7,15H2,1H3,(H,17,18). The molecule has 0 aliphatic carbocycles. The maximum absolute atomic E-state index is 11.9. The number of nitrogens with two attached hydrogens (primary N) is 1. The Morgan fingerprint density at radius 2 is 2.10 bits per heavy atom. The lowest BCUT2D eigenvalue weighted by Crippen LogP contribution is -2.32. The summed E-state index contributed by atoms with van der Waals surface area (Å²) >= 11 is 0. The highest BCUT2D eigenvalue weighted by atomic mass is 16.5. The fourth-order valence-electron chi connectivity index (χ4n) is 2.10. The predicted molar refractivity (Wildman–Crippen MR) is 73.6 cm³/mol. The maximum Gasteiger partial charge on any atom is 0.355 e. The van der Waals surface area contributed by atoms with Gasteiger partial charge in [-0.15, -0.1) is 0 Å². The summed E-state index contributed by atoms with van der Waals surface area (Å²) in [6.07, 6.45) is 0.0630. The van der Waals surface area contributed by atoms with Crippen LogP contribution < -0.4 is 5.73 Å². The van der Waals surface area contributed by atoms with Gasteiger partial charge in [-0.1, -0.05) is 18.2 Å². The number of hydrogen-bond acceptors (Lipinski definition) is 4. The first kappa shape index (κ1) is 14.1. The number of carboxylic acid groups (broad SMARTS) is 1. The predicted octanol–water partition coefficient (Wildman–Crippen LogP) is 1.30. The van der Waals surface area contributed by atoms with Crippen LogP contribution in [0.3, 0.4) is 0 Å². The number of H-pyrrole nitrogens is 1. The Kier molecular flexibility index (Phi) is 4.05. The molecule has 6 nitrogen and oxygen atoms in total. The lowest BCUT2D eigenvalue weighted by molar-refractivity contribution is -0.138. The zero-order valence-electron chi connectivity index (χ0n) is 11.1. The van der Waals surface area contributed by atoms with Crippen molar-refractivity contribution in [1.29, 1.82) is 0 Å². The molecule has 0 amide bonds. The largest absolute Gasteiger partial charge is 0.480 e. The van der Waals surface area contributed by atoms with Crippen molar-refractivity contribution in [2.75, 3.05) is 6.61 Å². The zero-order valence-corrected chi connectivity index (χ0v) is 11.1. The molecule has 1 atom stereocenters. The summed E-state index contributed by atoms with van der Waals surface area (Å²) in [5.41, 5.74) is 7.18. The Bertz CT molecular complexity index is 648. The highest BCUT2D eigenvalue weighted by molar-refractivity contribution is 5.98. The highest BCUT2D eigenvalue weighted by Crippen LogP contribution is 2.24. The minimum absolute atomic E-state index is 0.0630.